The molecule has 6 nitrogen and oxygen atoms in total. The summed E-state index contributed by atoms with van der Waals surface area (Å²) in [5, 5.41) is 5.68. The molecule has 1 saturated heterocycles. The third-order valence-electron chi connectivity index (χ3n) is 3.06. The van der Waals surface area contributed by atoms with Gasteiger partial charge in [0.05, 0.1) is 18.5 Å². The van der Waals surface area contributed by atoms with Gasteiger partial charge in [-0.05, 0) is 13.3 Å². The van der Waals surface area contributed by atoms with Crippen LogP contribution in [-0.2, 0) is 14.4 Å². The summed E-state index contributed by atoms with van der Waals surface area (Å²) in [6.45, 7) is 4.38. The largest absolute Gasteiger partial charge is 0.355 e. The van der Waals surface area contributed by atoms with E-state index >= 15 is 0 Å². The van der Waals surface area contributed by atoms with E-state index in [-0.39, 0.29) is 24.1 Å². The highest BCUT2D eigenvalue weighted by atomic mass is 16.2. The van der Waals surface area contributed by atoms with Crippen LogP contribution in [0.25, 0.3) is 0 Å². The molecule has 0 aromatic heterocycles. The van der Waals surface area contributed by atoms with Crippen LogP contribution in [0.3, 0.4) is 0 Å². The molecule has 1 heterocycles. The Balaban J connectivity index is 2.40. The number of imide groups is 1. The fraction of sp³-hybridized carbons (Fsp3) is 0.750. The van der Waals surface area contributed by atoms with E-state index in [1.54, 1.807) is 6.92 Å². The van der Waals surface area contributed by atoms with Crippen molar-refractivity contribution in [1.82, 2.24) is 15.5 Å². The van der Waals surface area contributed by atoms with E-state index in [1.165, 1.54) is 7.05 Å². The number of likely N-dealkylation sites (tertiary alicyclic amines) is 1. The van der Waals surface area contributed by atoms with E-state index in [0.717, 1.165) is 17.7 Å². The second-order valence-electron chi connectivity index (χ2n) is 4.58. The van der Waals surface area contributed by atoms with Crippen LogP contribution < -0.4 is 10.6 Å². The van der Waals surface area contributed by atoms with Crippen molar-refractivity contribution in [2.45, 2.75) is 45.2 Å². The van der Waals surface area contributed by atoms with E-state index in [9.17, 15) is 14.4 Å². The van der Waals surface area contributed by atoms with Crippen LogP contribution in [0.5, 0.6) is 0 Å². The highest BCUT2D eigenvalue weighted by Crippen LogP contribution is 2.11. The molecule has 0 bridgehead atoms. The summed E-state index contributed by atoms with van der Waals surface area (Å²) in [6.07, 6.45) is 2.08. The molecule has 1 rings (SSSR count). The third kappa shape index (κ3) is 3.53. The molecule has 2 N–H and O–H groups in total. The predicted molar refractivity (Wildman–Crippen MR) is 66.7 cm³/mol. The number of likely N-dealkylation sites (N-methyl/N-ethyl adjacent to an activating group) is 1. The molecule has 0 aromatic rings. The summed E-state index contributed by atoms with van der Waals surface area (Å²) in [5.41, 5.74) is 0. The number of hydrogen-bond acceptors (Lipinski definition) is 4. The molecule has 0 radical (unpaired) electrons. The van der Waals surface area contributed by atoms with Gasteiger partial charge >= 0.3 is 0 Å². The lowest BCUT2D eigenvalue weighted by Gasteiger charge is -2.17. The molecular weight excluding hydrogens is 234 g/mol. The normalized spacial score (nSPS) is 21.3. The fourth-order valence-electron chi connectivity index (χ4n) is 1.80. The number of rotatable bonds is 6. The number of carbonyl (C=O) groups is 3. The van der Waals surface area contributed by atoms with Gasteiger partial charge in [0.1, 0.15) is 0 Å². The molecule has 102 valence electrons. The molecule has 2 unspecified atom stereocenters. The average molecular weight is 255 g/mol. The summed E-state index contributed by atoms with van der Waals surface area (Å²) in [5.74, 6) is -0.623. The molecule has 18 heavy (non-hydrogen) atoms. The van der Waals surface area contributed by atoms with Crippen molar-refractivity contribution in [3.8, 4) is 0 Å². The Hall–Kier alpha value is -1.43. The van der Waals surface area contributed by atoms with Crippen molar-refractivity contribution in [3.63, 3.8) is 0 Å². The highest BCUT2D eigenvalue weighted by molar-refractivity contribution is 6.05. The summed E-state index contributed by atoms with van der Waals surface area (Å²) in [4.78, 5) is 35.8. The second kappa shape index (κ2) is 6.49. The standard InChI is InChI=1S/C12H21N3O3/c1-4-5-6-13-11(17)8(2)14-9-7-10(16)15(3)12(9)18/h8-9,14H,4-7H2,1-3H3,(H,13,17). The van der Waals surface area contributed by atoms with Gasteiger partial charge in [-0.15, -0.1) is 0 Å². The molecule has 6 heteroatoms. The van der Waals surface area contributed by atoms with Crippen LogP contribution >= 0.6 is 0 Å². The zero-order chi connectivity index (χ0) is 13.7. The minimum Gasteiger partial charge on any atom is -0.355 e. The van der Waals surface area contributed by atoms with Gasteiger partial charge in [0.25, 0.3) is 0 Å². The lowest BCUT2D eigenvalue weighted by molar-refractivity contribution is -0.137. The van der Waals surface area contributed by atoms with Gasteiger partial charge in [-0.25, -0.2) is 0 Å². The van der Waals surface area contributed by atoms with Crippen molar-refractivity contribution in [1.29, 1.82) is 0 Å². The van der Waals surface area contributed by atoms with Gasteiger partial charge in [-0.3, -0.25) is 24.6 Å². The molecule has 1 fully saturated rings. The van der Waals surface area contributed by atoms with Crippen molar-refractivity contribution in [3.05, 3.63) is 0 Å². The first-order valence-electron chi connectivity index (χ1n) is 6.31. The Kier molecular flexibility index (Phi) is 5.27. The summed E-state index contributed by atoms with van der Waals surface area (Å²) in [7, 11) is 1.46. The van der Waals surface area contributed by atoms with Crippen LogP contribution in [0, 0.1) is 0 Å². The van der Waals surface area contributed by atoms with Crippen LogP contribution in [0.2, 0.25) is 0 Å². The first kappa shape index (κ1) is 14.6. The van der Waals surface area contributed by atoms with Crippen molar-refractivity contribution < 1.29 is 14.4 Å². The molecule has 0 spiro atoms. The van der Waals surface area contributed by atoms with E-state index in [2.05, 4.69) is 10.6 Å². The summed E-state index contributed by atoms with van der Waals surface area (Å²) in [6, 6.07) is -1.05. The molecule has 3 amide bonds. The monoisotopic (exact) mass is 255 g/mol. The maximum Gasteiger partial charge on any atom is 0.246 e. The van der Waals surface area contributed by atoms with Gasteiger partial charge in [-0.2, -0.15) is 0 Å². The number of nitrogens with zero attached hydrogens (tertiary/aromatic N) is 1. The summed E-state index contributed by atoms with van der Waals surface area (Å²) >= 11 is 0. The Morgan fingerprint density at radius 3 is 2.67 bits per heavy atom. The second-order valence-corrected chi connectivity index (χ2v) is 4.58. The number of nitrogens with one attached hydrogen (secondary N) is 2. The topological polar surface area (TPSA) is 78.5 Å². The maximum atomic E-state index is 11.7. The highest BCUT2D eigenvalue weighted by Gasteiger charge is 2.37. The van der Waals surface area contributed by atoms with E-state index in [0.29, 0.717) is 6.54 Å². The van der Waals surface area contributed by atoms with Gasteiger partial charge in [0, 0.05) is 13.6 Å². The number of carbonyl (C=O) groups excluding carboxylic acids is 3. The lowest BCUT2D eigenvalue weighted by atomic mass is 10.2. The molecule has 0 aliphatic carbocycles. The first-order chi connectivity index (χ1) is 8.47. The molecular formula is C12H21N3O3. The van der Waals surface area contributed by atoms with Crippen LogP contribution in [0.4, 0.5) is 0 Å². The molecule has 1 aliphatic rings. The molecule has 0 aromatic carbocycles. The van der Waals surface area contributed by atoms with E-state index in [4.69, 9.17) is 0 Å². The van der Waals surface area contributed by atoms with Crippen LogP contribution in [-0.4, -0.2) is 48.3 Å². The summed E-state index contributed by atoms with van der Waals surface area (Å²) < 4.78 is 0. The van der Waals surface area contributed by atoms with E-state index in [1.807, 2.05) is 6.92 Å². The number of unbranched alkanes of at least 4 members (excludes halogenated alkanes) is 1. The average Bonchev–Trinajstić information content (AvgIpc) is 2.57. The zero-order valence-electron chi connectivity index (χ0n) is 11.2. The fourth-order valence-corrected chi connectivity index (χ4v) is 1.80. The quantitative estimate of drug-likeness (QED) is 0.502. The Morgan fingerprint density at radius 2 is 2.17 bits per heavy atom. The first-order valence-corrected chi connectivity index (χ1v) is 6.31. The van der Waals surface area contributed by atoms with E-state index < -0.39 is 12.1 Å². The van der Waals surface area contributed by atoms with Crippen molar-refractivity contribution >= 4 is 17.7 Å². The van der Waals surface area contributed by atoms with Gasteiger partial charge in [-0.1, -0.05) is 13.3 Å². The van der Waals surface area contributed by atoms with Crippen LogP contribution in [0.1, 0.15) is 33.1 Å². The minimum absolute atomic E-state index is 0.127. The minimum atomic E-state index is -0.575. The molecule has 0 saturated carbocycles. The smallest absolute Gasteiger partial charge is 0.246 e. The van der Waals surface area contributed by atoms with Gasteiger partial charge in [0.2, 0.25) is 17.7 Å². The van der Waals surface area contributed by atoms with Crippen LogP contribution in [0.15, 0.2) is 0 Å². The maximum absolute atomic E-state index is 11.7. The Bertz CT molecular complexity index is 343. The Morgan fingerprint density at radius 1 is 1.50 bits per heavy atom. The molecule has 1 aliphatic heterocycles. The van der Waals surface area contributed by atoms with Crippen molar-refractivity contribution in [2.24, 2.45) is 0 Å². The lowest BCUT2D eigenvalue weighted by Crippen LogP contribution is -2.49. The third-order valence-corrected chi connectivity index (χ3v) is 3.06. The predicted octanol–water partition coefficient (Wildman–Crippen LogP) is -0.362. The SMILES string of the molecule is CCCCNC(=O)C(C)NC1CC(=O)N(C)C1=O. The van der Waals surface area contributed by atoms with Gasteiger partial charge in [0.15, 0.2) is 0 Å². The number of amides is 3. The Labute approximate surface area is 107 Å². The van der Waals surface area contributed by atoms with Crippen molar-refractivity contribution in [2.75, 3.05) is 13.6 Å². The molecule has 2 atom stereocenters. The van der Waals surface area contributed by atoms with Gasteiger partial charge < -0.3 is 5.32 Å². The zero-order valence-corrected chi connectivity index (χ0v) is 11.2. The number of hydrogen-bond donors (Lipinski definition) is 2.